The highest BCUT2D eigenvalue weighted by Crippen LogP contribution is 2.29. The lowest BCUT2D eigenvalue weighted by atomic mass is 10.0. The Hall–Kier alpha value is -4.30. The molecule has 7 nitrogen and oxygen atoms in total. The summed E-state index contributed by atoms with van der Waals surface area (Å²) in [6.07, 6.45) is 1.45. The van der Waals surface area contributed by atoms with E-state index in [0.29, 0.717) is 15.7 Å². The predicted octanol–water partition coefficient (Wildman–Crippen LogP) is 5.87. The fourth-order valence-electron chi connectivity index (χ4n) is 3.71. The molecule has 8 heteroatoms. The second-order valence-electron chi connectivity index (χ2n) is 7.88. The number of benzene rings is 3. The minimum absolute atomic E-state index is 0.228. The standard InChI is InChI=1S/C26H21N5O2S/c1-15-6-3-11-21-23(15)31-24(30-21)19-9-4-7-17(12-19)18-8-5-10-20(13-18)29-25(33)22-14-27-26(34-22)28-16(2)32/h3-14H,1-2H3,(H,29,33)(H,30,31)(H,27,28,32). The van der Waals surface area contributed by atoms with Gasteiger partial charge in [0.05, 0.1) is 17.2 Å². The van der Waals surface area contributed by atoms with Crippen LogP contribution in [0.2, 0.25) is 0 Å². The molecule has 0 aliphatic heterocycles. The lowest BCUT2D eigenvalue weighted by Gasteiger charge is -2.08. The topological polar surface area (TPSA) is 99.8 Å². The molecule has 2 heterocycles. The first-order chi connectivity index (χ1) is 16.5. The number of nitrogens with one attached hydrogen (secondary N) is 3. The molecule has 0 bridgehead atoms. The monoisotopic (exact) mass is 467 g/mol. The van der Waals surface area contributed by atoms with Gasteiger partial charge >= 0.3 is 0 Å². The third-order valence-corrected chi connectivity index (χ3v) is 6.23. The average Bonchev–Trinajstić information content (AvgIpc) is 3.47. The van der Waals surface area contributed by atoms with Crippen LogP contribution in [0.15, 0.2) is 72.9 Å². The van der Waals surface area contributed by atoms with E-state index in [4.69, 9.17) is 4.98 Å². The van der Waals surface area contributed by atoms with Crippen LogP contribution in [0, 0.1) is 6.92 Å². The number of aromatic amines is 1. The van der Waals surface area contributed by atoms with Gasteiger partial charge in [-0.05, 0) is 47.9 Å². The molecule has 5 rings (SSSR count). The van der Waals surface area contributed by atoms with Crippen LogP contribution < -0.4 is 10.6 Å². The molecule has 34 heavy (non-hydrogen) atoms. The summed E-state index contributed by atoms with van der Waals surface area (Å²) < 4.78 is 0. The second-order valence-corrected chi connectivity index (χ2v) is 8.91. The van der Waals surface area contributed by atoms with Crippen molar-refractivity contribution in [1.82, 2.24) is 15.0 Å². The van der Waals surface area contributed by atoms with E-state index in [1.54, 1.807) is 0 Å². The number of para-hydroxylation sites is 1. The van der Waals surface area contributed by atoms with Crippen LogP contribution in [0.4, 0.5) is 10.8 Å². The molecule has 0 aliphatic carbocycles. The zero-order chi connectivity index (χ0) is 23.7. The van der Waals surface area contributed by atoms with Gasteiger partial charge in [-0.3, -0.25) is 9.59 Å². The maximum Gasteiger partial charge on any atom is 0.267 e. The summed E-state index contributed by atoms with van der Waals surface area (Å²) in [6, 6.07) is 21.9. The van der Waals surface area contributed by atoms with Gasteiger partial charge in [-0.15, -0.1) is 0 Å². The van der Waals surface area contributed by atoms with Crippen LogP contribution in [0.1, 0.15) is 22.2 Å². The van der Waals surface area contributed by atoms with Crippen molar-refractivity contribution in [2.75, 3.05) is 10.6 Å². The predicted molar refractivity (Wildman–Crippen MR) is 136 cm³/mol. The molecule has 0 aliphatic rings. The summed E-state index contributed by atoms with van der Waals surface area (Å²) in [5.41, 5.74) is 6.74. The summed E-state index contributed by atoms with van der Waals surface area (Å²) in [7, 11) is 0. The highest BCUT2D eigenvalue weighted by Gasteiger charge is 2.13. The van der Waals surface area contributed by atoms with Gasteiger partial charge in [0.1, 0.15) is 10.7 Å². The Balaban J connectivity index is 1.39. The molecule has 0 radical (unpaired) electrons. The molecule has 168 valence electrons. The van der Waals surface area contributed by atoms with E-state index in [1.807, 2.05) is 54.6 Å². The maximum absolute atomic E-state index is 12.6. The molecule has 2 amide bonds. The molecule has 3 N–H and O–H groups in total. The van der Waals surface area contributed by atoms with E-state index in [9.17, 15) is 9.59 Å². The van der Waals surface area contributed by atoms with Crippen LogP contribution in [-0.2, 0) is 4.79 Å². The van der Waals surface area contributed by atoms with Crippen molar-refractivity contribution in [1.29, 1.82) is 0 Å². The Labute approximate surface area is 199 Å². The number of carbonyl (C=O) groups is 2. The molecule has 0 fully saturated rings. The molecule has 3 aromatic carbocycles. The normalized spacial score (nSPS) is 10.9. The Bertz CT molecular complexity index is 1540. The van der Waals surface area contributed by atoms with Crippen LogP contribution >= 0.6 is 11.3 Å². The number of anilines is 2. The van der Waals surface area contributed by atoms with E-state index < -0.39 is 0 Å². The number of thiazole rings is 1. The Morgan fingerprint density at radius 1 is 0.912 bits per heavy atom. The van der Waals surface area contributed by atoms with Crippen molar-refractivity contribution in [3.63, 3.8) is 0 Å². The van der Waals surface area contributed by atoms with Gasteiger partial charge in [-0.25, -0.2) is 9.97 Å². The highest BCUT2D eigenvalue weighted by molar-refractivity contribution is 7.17. The number of aryl methyl sites for hydroxylation is 1. The van der Waals surface area contributed by atoms with Crippen LogP contribution in [0.3, 0.4) is 0 Å². The number of rotatable bonds is 5. The first-order valence-electron chi connectivity index (χ1n) is 10.7. The third-order valence-electron chi connectivity index (χ3n) is 5.32. The SMILES string of the molecule is CC(=O)Nc1ncc(C(=O)Nc2cccc(-c3cccc(-c4nc5c(C)cccc5[nH]4)c3)c2)s1. The van der Waals surface area contributed by atoms with Crippen LogP contribution in [0.5, 0.6) is 0 Å². The quantitative estimate of drug-likeness (QED) is 0.301. The number of hydrogen-bond acceptors (Lipinski definition) is 5. The van der Waals surface area contributed by atoms with Gasteiger partial charge in [-0.2, -0.15) is 0 Å². The maximum atomic E-state index is 12.6. The molecule has 0 spiro atoms. The summed E-state index contributed by atoms with van der Waals surface area (Å²) >= 11 is 1.13. The number of amides is 2. The van der Waals surface area contributed by atoms with E-state index in [2.05, 4.69) is 39.7 Å². The van der Waals surface area contributed by atoms with Gasteiger partial charge in [-0.1, -0.05) is 53.8 Å². The number of aromatic nitrogens is 3. The average molecular weight is 468 g/mol. The molecule has 0 saturated carbocycles. The number of carbonyl (C=O) groups excluding carboxylic acids is 2. The van der Waals surface area contributed by atoms with Gasteiger partial charge in [0, 0.05) is 18.2 Å². The first-order valence-corrected chi connectivity index (χ1v) is 11.5. The van der Waals surface area contributed by atoms with Crippen molar-refractivity contribution >= 4 is 45.0 Å². The Kier molecular flexibility index (Phi) is 5.65. The Morgan fingerprint density at radius 3 is 2.44 bits per heavy atom. The molecule has 2 aromatic heterocycles. The smallest absolute Gasteiger partial charge is 0.267 e. The molecule has 0 saturated heterocycles. The van der Waals surface area contributed by atoms with E-state index >= 15 is 0 Å². The van der Waals surface area contributed by atoms with Crippen molar-refractivity contribution in [3.05, 3.63) is 83.4 Å². The minimum Gasteiger partial charge on any atom is -0.338 e. The second kappa shape index (κ2) is 8.92. The number of fused-ring (bicyclic) bond motifs is 1. The van der Waals surface area contributed by atoms with Gasteiger partial charge in [0.2, 0.25) is 5.91 Å². The summed E-state index contributed by atoms with van der Waals surface area (Å²) in [5, 5.41) is 5.88. The fraction of sp³-hybridized carbons (Fsp3) is 0.0769. The van der Waals surface area contributed by atoms with E-state index in [-0.39, 0.29) is 11.8 Å². The first kappa shape index (κ1) is 21.5. The van der Waals surface area contributed by atoms with Gasteiger partial charge in [0.25, 0.3) is 5.91 Å². The van der Waals surface area contributed by atoms with Crippen molar-refractivity contribution < 1.29 is 9.59 Å². The number of nitrogens with zero attached hydrogens (tertiary/aromatic N) is 2. The summed E-state index contributed by atoms with van der Waals surface area (Å²) in [5.74, 6) is 0.308. The van der Waals surface area contributed by atoms with Crippen molar-refractivity contribution in [2.45, 2.75) is 13.8 Å². The number of imidazole rings is 1. The van der Waals surface area contributed by atoms with Crippen molar-refractivity contribution in [3.8, 4) is 22.5 Å². The van der Waals surface area contributed by atoms with Crippen molar-refractivity contribution in [2.24, 2.45) is 0 Å². The fourth-order valence-corrected chi connectivity index (χ4v) is 4.47. The number of hydrogen-bond donors (Lipinski definition) is 3. The lowest BCUT2D eigenvalue weighted by Crippen LogP contribution is -2.10. The molecular weight excluding hydrogens is 446 g/mol. The van der Waals surface area contributed by atoms with Crippen LogP contribution in [-0.4, -0.2) is 26.8 Å². The summed E-state index contributed by atoms with van der Waals surface area (Å²) in [6.45, 7) is 3.45. The minimum atomic E-state index is -0.280. The Morgan fingerprint density at radius 2 is 1.65 bits per heavy atom. The third kappa shape index (κ3) is 4.44. The highest BCUT2D eigenvalue weighted by atomic mass is 32.1. The van der Waals surface area contributed by atoms with Crippen LogP contribution in [0.25, 0.3) is 33.5 Å². The molecular formula is C26H21N5O2S. The lowest BCUT2D eigenvalue weighted by molar-refractivity contribution is -0.114. The van der Waals surface area contributed by atoms with E-state index in [0.717, 1.165) is 50.4 Å². The number of H-pyrrole nitrogens is 1. The van der Waals surface area contributed by atoms with Gasteiger partial charge < -0.3 is 15.6 Å². The molecule has 0 atom stereocenters. The zero-order valence-electron chi connectivity index (χ0n) is 18.5. The zero-order valence-corrected chi connectivity index (χ0v) is 19.4. The van der Waals surface area contributed by atoms with E-state index in [1.165, 1.54) is 13.1 Å². The summed E-state index contributed by atoms with van der Waals surface area (Å²) in [4.78, 5) is 36.5. The largest absolute Gasteiger partial charge is 0.338 e. The molecule has 0 unspecified atom stereocenters. The molecule has 5 aromatic rings. The van der Waals surface area contributed by atoms with Gasteiger partial charge in [0.15, 0.2) is 5.13 Å².